The van der Waals surface area contributed by atoms with Crippen LogP contribution in [0.5, 0.6) is 11.5 Å². The third-order valence-corrected chi connectivity index (χ3v) is 4.17. The summed E-state index contributed by atoms with van der Waals surface area (Å²) in [6.07, 6.45) is 1.83. The SMILES string of the molecule is CCOc1ccc(N=Cc2cc(I)cc(I)c2OC)cc1. The van der Waals surface area contributed by atoms with Crippen molar-refractivity contribution in [3.05, 3.63) is 49.1 Å². The highest BCUT2D eigenvalue weighted by molar-refractivity contribution is 14.1. The van der Waals surface area contributed by atoms with E-state index in [0.717, 1.165) is 29.9 Å². The lowest BCUT2D eigenvalue weighted by Crippen LogP contribution is -1.95. The van der Waals surface area contributed by atoms with Crippen molar-refractivity contribution in [2.75, 3.05) is 13.7 Å². The molecule has 0 aliphatic heterocycles. The van der Waals surface area contributed by atoms with Crippen LogP contribution in [0.3, 0.4) is 0 Å². The quantitative estimate of drug-likeness (QED) is 0.419. The Morgan fingerprint density at radius 2 is 1.86 bits per heavy atom. The maximum atomic E-state index is 5.45. The molecule has 0 bridgehead atoms. The Morgan fingerprint density at radius 1 is 1.14 bits per heavy atom. The van der Waals surface area contributed by atoms with Crippen LogP contribution < -0.4 is 9.47 Å². The minimum Gasteiger partial charge on any atom is -0.495 e. The molecule has 2 rings (SSSR count). The summed E-state index contributed by atoms with van der Waals surface area (Å²) in [6.45, 7) is 2.64. The Morgan fingerprint density at radius 3 is 2.48 bits per heavy atom. The molecule has 0 aromatic heterocycles. The average molecular weight is 507 g/mol. The second-order valence-corrected chi connectivity index (χ2v) is 6.60. The minimum atomic E-state index is 0.667. The van der Waals surface area contributed by atoms with Crippen LogP contribution in [0.15, 0.2) is 41.4 Å². The van der Waals surface area contributed by atoms with Crippen LogP contribution in [0.25, 0.3) is 0 Å². The van der Waals surface area contributed by atoms with Crippen LogP contribution in [-0.4, -0.2) is 19.9 Å². The Balaban J connectivity index is 2.24. The summed E-state index contributed by atoms with van der Waals surface area (Å²) in [7, 11) is 1.68. The van der Waals surface area contributed by atoms with Crippen molar-refractivity contribution in [1.29, 1.82) is 0 Å². The zero-order valence-corrected chi connectivity index (χ0v) is 16.1. The lowest BCUT2D eigenvalue weighted by Gasteiger charge is -2.08. The molecule has 0 unspecified atom stereocenters. The van der Waals surface area contributed by atoms with Gasteiger partial charge in [-0.1, -0.05) is 0 Å². The number of nitrogens with zero attached hydrogens (tertiary/aromatic N) is 1. The summed E-state index contributed by atoms with van der Waals surface area (Å²) in [5.41, 5.74) is 1.86. The topological polar surface area (TPSA) is 30.8 Å². The molecule has 3 nitrogen and oxygen atoms in total. The van der Waals surface area contributed by atoms with Gasteiger partial charge in [0.05, 0.1) is 23.0 Å². The predicted molar refractivity (Wildman–Crippen MR) is 103 cm³/mol. The van der Waals surface area contributed by atoms with Crippen molar-refractivity contribution in [3.63, 3.8) is 0 Å². The number of benzene rings is 2. The molecule has 0 saturated heterocycles. The van der Waals surface area contributed by atoms with Gasteiger partial charge in [0.15, 0.2) is 0 Å². The van der Waals surface area contributed by atoms with Gasteiger partial charge in [-0.05, 0) is 88.5 Å². The average Bonchev–Trinajstić information content (AvgIpc) is 2.46. The molecule has 0 atom stereocenters. The van der Waals surface area contributed by atoms with Gasteiger partial charge in [-0.3, -0.25) is 4.99 Å². The smallest absolute Gasteiger partial charge is 0.141 e. The Labute approximate surface area is 152 Å². The van der Waals surface area contributed by atoms with Gasteiger partial charge in [-0.25, -0.2) is 0 Å². The normalized spacial score (nSPS) is 10.9. The van der Waals surface area contributed by atoms with E-state index in [9.17, 15) is 0 Å². The molecule has 21 heavy (non-hydrogen) atoms. The lowest BCUT2D eigenvalue weighted by atomic mass is 10.2. The van der Waals surface area contributed by atoms with Crippen LogP contribution in [0.2, 0.25) is 0 Å². The summed E-state index contributed by atoms with van der Waals surface area (Å²) in [5, 5.41) is 0. The fourth-order valence-electron chi connectivity index (χ4n) is 1.83. The number of hydrogen-bond donors (Lipinski definition) is 0. The van der Waals surface area contributed by atoms with Gasteiger partial charge in [0.1, 0.15) is 11.5 Å². The largest absolute Gasteiger partial charge is 0.495 e. The van der Waals surface area contributed by atoms with Crippen molar-refractivity contribution < 1.29 is 9.47 Å². The number of rotatable bonds is 5. The minimum absolute atomic E-state index is 0.667. The van der Waals surface area contributed by atoms with E-state index >= 15 is 0 Å². The van der Waals surface area contributed by atoms with Crippen molar-refractivity contribution in [1.82, 2.24) is 0 Å². The number of hydrogen-bond acceptors (Lipinski definition) is 3. The molecular formula is C16H15I2NO2. The molecule has 0 aliphatic rings. The van der Waals surface area contributed by atoms with E-state index in [4.69, 9.17) is 9.47 Å². The first-order chi connectivity index (χ1) is 10.1. The first-order valence-electron chi connectivity index (χ1n) is 6.44. The monoisotopic (exact) mass is 507 g/mol. The number of aliphatic imine (C=N–C) groups is 1. The van der Waals surface area contributed by atoms with Crippen LogP contribution in [0.4, 0.5) is 5.69 Å². The predicted octanol–water partition coefficient (Wildman–Crippen LogP) is 5.05. The first kappa shape index (κ1) is 16.5. The molecule has 0 radical (unpaired) electrons. The van der Waals surface area contributed by atoms with E-state index in [1.165, 1.54) is 0 Å². The molecule has 0 saturated carbocycles. The highest BCUT2D eigenvalue weighted by Crippen LogP contribution is 2.27. The van der Waals surface area contributed by atoms with Gasteiger partial charge in [-0.2, -0.15) is 0 Å². The summed E-state index contributed by atoms with van der Waals surface area (Å²) in [5.74, 6) is 1.71. The summed E-state index contributed by atoms with van der Waals surface area (Å²) in [4.78, 5) is 4.50. The van der Waals surface area contributed by atoms with Crippen LogP contribution >= 0.6 is 45.2 Å². The van der Waals surface area contributed by atoms with Gasteiger partial charge in [0, 0.05) is 15.3 Å². The fraction of sp³-hybridized carbons (Fsp3) is 0.188. The van der Waals surface area contributed by atoms with Crippen LogP contribution in [0.1, 0.15) is 12.5 Å². The van der Waals surface area contributed by atoms with Crippen LogP contribution in [0, 0.1) is 7.14 Å². The standard InChI is InChI=1S/C16H15I2NO2/c1-3-21-14-6-4-13(5-7-14)19-10-11-8-12(17)9-15(18)16(11)20-2/h4-10H,3H2,1-2H3. The molecule has 2 aromatic rings. The Hall–Kier alpha value is -0.830. The summed E-state index contributed by atoms with van der Waals surface area (Å²) < 4.78 is 13.1. The lowest BCUT2D eigenvalue weighted by molar-refractivity contribution is 0.340. The number of methoxy groups -OCH3 is 1. The number of ether oxygens (including phenoxy) is 2. The van der Waals surface area contributed by atoms with E-state index in [2.05, 4.69) is 62.3 Å². The van der Waals surface area contributed by atoms with Crippen LogP contribution in [-0.2, 0) is 0 Å². The van der Waals surface area contributed by atoms with Crippen molar-refractivity contribution in [2.45, 2.75) is 6.92 Å². The summed E-state index contributed by atoms with van der Waals surface area (Å²) in [6, 6.07) is 11.9. The van der Waals surface area contributed by atoms with Gasteiger partial charge < -0.3 is 9.47 Å². The van der Waals surface area contributed by atoms with Crippen molar-refractivity contribution in [2.24, 2.45) is 4.99 Å². The molecule has 0 amide bonds. The third kappa shape index (κ3) is 4.57. The second-order valence-electron chi connectivity index (χ2n) is 4.20. The maximum Gasteiger partial charge on any atom is 0.141 e. The highest BCUT2D eigenvalue weighted by atomic mass is 127. The van der Waals surface area contributed by atoms with Gasteiger partial charge in [0.2, 0.25) is 0 Å². The second kappa shape index (κ2) is 7.98. The third-order valence-electron chi connectivity index (χ3n) is 2.74. The highest BCUT2D eigenvalue weighted by Gasteiger charge is 2.07. The molecular weight excluding hydrogens is 492 g/mol. The molecule has 0 N–H and O–H groups in total. The maximum absolute atomic E-state index is 5.45. The van der Waals surface area contributed by atoms with Gasteiger partial charge >= 0.3 is 0 Å². The van der Waals surface area contributed by atoms with E-state index < -0.39 is 0 Å². The molecule has 0 spiro atoms. The van der Waals surface area contributed by atoms with Gasteiger partial charge in [-0.15, -0.1) is 0 Å². The molecule has 2 aromatic carbocycles. The van der Waals surface area contributed by atoms with E-state index in [1.807, 2.05) is 37.4 Å². The first-order valence-corrected chi connectivity index (χ1v) is 8.59. The van der Waals surface area contributed by atoms with E-state index in [0.29, 0.717) is 6.61 Å². The molecule has 5 heteroatoms. The fourth-order valence-corrected chi connectivity index (χ4v) is 3.94. The van der Waals surface area contributed by atoms with Gasteiger partial charge in [0.25, 0.3) is 0 Å². The number of halogens is 2. The van der Waals surface area contributed by atoms with E-state index in [1.54, 1.807) is 7.11 Å². The molecule has 0 aliphatic carbocycles. The molecule has 0 heterocycles. The zero-order chi connectivity index (χ0) is 15.2. The van der Waals surface area contributed by atoms with Crippen molar-refractivity contribution >= 4 is 57.1 Å². The van der Waals surface area contributed by atoms with E-state index in [-0.39, 0.29) is 0 Å². The van der Waals surface area contributed by atoms with Crippen molar-refractivity contribution in [3.8, 4) is 11.5 Å². The molecule has 0 fully saturated rings. The zero-order valence-electron chi connectivity index (χ0n) is 11.8. The summed E-state index contributed by atoms with van der Waals surface area (Å²) >= 11 is 4.56. The molecule has 110 valence electrons. The Bertz CT molecular complexity index is 639. The Kier molecular flexibility index (Phi) is 6.28.